The number of ether oxygens (including phenoxy) is 2. The predicted molar refractivity (Wildman–Crippen MR) is 127 cm³/mol. The van der Waals surface area contributed by atoms with Gasteiger partial charge in [-0.25, -0.2) is 4.79 Å². The molecule has 0 aliphatic carbocycles. The smallest absolute Gasteiger partial charge is 0.321 e. The molecule has 0 saturated heterocycles. The Kier molecular flexibility index (Phi) is 6.95. The van der Waals surface area contributed by atoms with E-state index in [1.54, 1.807) is 0 Å². The maximum atomic E-state index is 13.2. The molecule has 32 heavy (non-hydrogen) atoms. The number of hydrogen-bond donors (Lipinski definition) is 1. The number of carbonyl (C=O) groups is 1. The van der Waals surface area contributed by atoms with E-state index in [0.717, 1.165) is 6.42 Å². The summed E-state index contributed by atoms with van der Waals surface area (Å²) in [6.45, 7) is 5.82. The van der Waals surface area contributed by atoms with E-state index < -0.39 is 0 Å². The molecular weight excluding hydrogens is 400 g/mol. The van der Waals surface area contributed by atoms with Crippen LogP contribution in [0.4, 0.5) is 10.5 Å². The van der Waals surface area contributed by atoms with Crippen LogP contribution in [0.5, 0.6) is 11.5 Å². The topological polar surface area (TPSA) is 50.8 Å². The van der Waals surface area contributed by atoms with E-state index in [1.807, 2.05) is 35.2 Å². The fourth-order valence-corrected chi connectivity index (χ4v) is 4.07. The first-order chi connectivity index (χ1) is 15.6. The molecule has 1 aliphatic rings. The van der Waals surface area contributed by atoms with Crippen LogP contribution in [0.2, 0.25) is 0 Å². The molecule has 3 aromatic carbocycles. The van der Waals surface area contributed by atoms with Crippen molar-refractivity contribution in [2.75, 3.05) is 25.2 Å². The van der Waals surface area contributed by atoms with Crippen LogP contribution in [-0.2, 0) is 0 Å². The molecule has 0 radical (unpaired) electrons. The Hall–Kier alpha value is -3.47. The third-order valence-corrected chi connectivity index (χ3v) is 5.59. The Balaban J connectivity index is 1.49. The first-order valence-electron chi connectivity index (χ1n) is 11.2. The van der Waals surface area contributed by atoms with Gasteiger partial charge in [-0.3, -0.25) is 0 Å². The summed E-state index contributed by atoms with van der Waals surface area (Å²) in [7, 11) is 0. The van der Waals surface area contributed by atoms with Crippen molar-refractivity contribution in [3.8, 4) is 11.5 Å². The van der Waals surface area contributed by atoms with Gasteiger partial charge in [-0.1, -0.05) is 74.5 Å². The highest BCUT2D eigenvalue weighted by Gasteiger charge is 2.21. The quantitative estimate of drug-likeness (QED) is 0.468. The Bertz CT molecular complexity index is 982. The minimum atomic E-state index is -0.0996. The van der Waals surface area contributed by atoms with Crippen molar-refractivity contribution in [2.45, 2.75) is 26.2 Å². The van der Waals surface area contributed by atoms with Gasteiger partial charge in [0.1, 0.15) is 0 Å². The molecule has 1 heterocycles. The second-order valence-corrected chi connectivity index (χ2v) is 8.50. The Labute approximate surface area is 190 Å². The second kappa shape index (κ2) is 10.2. The average molecular weight is 431 g/mol. The minimum Gasteiger partial charge on any atom is -0.454 e. The molecule has 2 amide bonds. The van der Waals surface area contributed by atoms with Crippen LogP contribution in [0, 0.1) is 5.92 Å². The summed E-state index contributed by atoms with van der Waals surface area (Å²) >= 11 is 0. The Morgan fingerprint density at radius 2 is 1.53 bits per heavy atom. The van der Waals surface area contributed by atoms with E-state index in [0.29, 0.717) is 36.2 Å². The zero-order valence-corrected chi connectivity index (χ0v) is 18.7. The zero-order valence-electron chi connectivity index (χ0n) is 18.7. The lowest BCUT2D eigenvalue weighted by Gasteiger charge is -2.27. The third-order valence-electron chi connectivity index (χ3n) is 5.59. The van der Waals surface area contributed by atoms with Crippen LogP contribution in [-0.4, -0.2) is 30.8 Å². The lowest BCUT2D eigenvalue weighted by Crippen LogP contribution is -2.38. The van der Waals surface area contributed by atoms with E-state index in [2.05, 4.69) is 67.7 Å². The van der Waals surface area contributed by atoms with Gasteiger partial charge in [0.25, 0.3) is 0 Å². The molecule has 0 atom stereocenters. The van der Waals surface area contributed by atoms with Crippen LogP contribution < -0.4 is 14.8 Å². The summed E-state index contributed by atoms with van der Waals surface area (Å²) in [5.41, 5.74) is 3.23. The van der Waals surface area contributed by atoms with Crippen LogP contribution in [0.3, 0.4) is 0 Å². The third kappa shape index (κ3) is 5.41. The lowest BCUT2D eigenvalue weighted by molar-refractivity contribution is 0.174. The average Bonchev–Trinajstić information content (AvgIpc) is 3.27. The number of rotatable bonds is 8. The molecule has 0 aromatic heterocycles. The number of fused-ring (bicyclic) bond motifs is 1. The molecule has 1 aliphatic heterocycles. The number of nitrogens with one attached hydrogen (secondary N) is 1. The summed E-state index contributed by atoms with van der Waals surface area (Å²) < 4.78 is 10.8. The van der Waals surface area contributed by atoms with Gasteiger partial charge >= 0.3 is 6.03 Å². The maximum absolute atomic E-state index is 13.2. The molecule has 5 nitrogen and oxygen atoms in total. The van der Waals surface area contributed by atoms with Gasteiger partial charge in [-0.15, -0.1) is 0 Å². The number of benzene rings is 3. The van der Waals surface area contributed by atoms with Crippen molar-refractivity contribution < 1.29 is 14.3 Å². The van der Waals surface area contributed by atoms with Gasteiger partial charge in [0, 0.05) is 30.8 Å². The Morgan fingerprint density at radius 3 is 2.16 bits per heavy atom. The first-order valence-corrected chi connectivity index (χ1v) is 11.2. The highest BCUT2D eigenvalue weighted by Crippen LogP contribution is 2.34. The zero-order chi connectivity index (χ0) is 22.3. The summed E-state index contributed by atoms with van der Waals surface area (Å²) in [6, 6.07) is 26.4. The monoisotopic (exact) mass is 430 g/mol. The van der Waals surface area contributed by atoms with Gasteiger partial charge in [-0.2, -0.15) is 0 Å². The van der Waals surface area contributed by atoms with E-state index in [9.17, 15) is 4.79 Å². The Morgan fingerprint density at radius 1 is 0.906 bits per heavy atom. The van der Waals surface area contributed by atoms with Crippen molar-refractivity contribution >= 4 is 11.7 Å². The molecule has 166 valence electrons. The molecule has 4 rings (SSSR count). The minimum absolute atomic E-state index is 0.0996. The van der Waals surface area contributed by atoms with Crippen LogP contribution in [0.15, 0.2) is 78.9 Å². The van der Waals surface area contributed by atoms with Crippen molar-refractivity contribution in [3.63, 3.8) is 0 Å². The van der Waals surface area contributed by atoms with Crippen LogP contribution >= 0.6 is 0 Å². The summed E-state index contributed by atoms with van der Waals surface area (Å²) in [6.07, 6.45) is 0.843. The molecule has 5 heteroatoms. The van der Waals surface area contributed by atoms with E-state index in [4.69, 9.17) is 9.47 Å². The van der Waals surface area contributed by atoms with Gasteiger partial charge in [0.2, 0.25) is 6.79 Å². The lowest BCUT2D eigenvalue weighted by atomic mass is 9.88. The van der Waals surface area contributed by atoms with Crippen molar-refractivity contribution in [2.24, 2.45) is 5.92 Å². The highest BCUT2D eigenvalue weighted by molar-refractivity contribution is 5.89. The molecule has 0 fully saturated rings. The molecule has 0 unspecified atom stereocenters. The van der Waals surface area contributed by atoms with E-state index in [-0.39, 0.29) is 18.7 Å². The van der Waals surface area contributed by atoms with Gasteiger partial charge in [-0.05, 0) is 35.6 Å². The fraction of sp³-hybridized carbons (Fsp3) is 0.296. The van der Waals surface area contributed by atoms with Crippen molar-refractivity contribution in [3.05, 3.63) is 90.0 Å². The SMILES string of the molecule is CC(C)CN(CCC(c1ccccc1)c1ccccc1)C(=O)Nc1ccc2c(c1)OCO2. The van der Waals surface area contributed by atoms with Crippen LogP contribution in [0.25, 0.3) is 0 Å². The summed E-state index contributed by atoms with van der Waals surface area (Å²) in [4.78, 5) is 15.1. The number of amides is 2. The number of carbonyl (C=O) groups excluding carboxylic acids is 1. The van der Waals surface area contributed by atoms with Gasteiger partial charge in [0.05, 0.1) is 0 Å². The highest BCUT2D eigenvalue weighted by atomic mass is 16.7. The van der Waals surface area contributed by atoms with Crippen molar-refractivity contribution in [1.29, 1.82) is 0 Å². The summed E-state index contributed by atoms with van der Waals surface area (Å²) in [5, 5.41) is 3.03. The number of nitrogens with zero attached hydrogens (tertiary/aromatic N) is 1. The largest absolute Gasteiger partial charge is 0.454 e. The molecule has 1 N–H and O–H groups in total. The molecule has 0 bridgehead atoms. The number of urea groups is 1. The number of anilines is 1. The van der Waals surface area contributed by atoms with E-state index in [1.165, 1.54) is 11.1 Å². The maximum Gasteiger partial charge on any atom is 0.321 e. The van der Waals surface area contributed by atoms with E-state index >= 15 is 0 Å². The first kappa shape index (κ1) is 21.8. The molecule has 0 saturated carbocycles. The second-order valence-electron chi connectivity index (χ2n) is 8.50. The van der Waals surface area contributed by atoms with Gasteiger partial charge < -0.3 is 19.7 Å². The standard InChI is InChI=1S/C27H30N2O3/c1-20(2)18-29(27(30)28-23-13-14-25-26(17-23)32-19-31-25)16-15-24(21-9-5-3-6-10-21)22-11-7-4-8-12-22/h3-14,17,20,24H,15-16,18-19H2,1-2H3,(H,28,30). The summed E-state index contributed by atoms with van der Waals surface area (Å²) in [5.74, 6) is 1.96. The molecule has 0 spiro atoms. The fourth-order valence-electron chi connectivity index (χ4n) is 4.07. The van der Waals surface area contributed by atoms with Crippen molar-refractivity contribution in [1.82, 2.24) is 4.90 Å². The molecular formula is C27H30N2O3. The normalized spacial score (nSPS) is 12.2. The van der Waals surface area contributed by atoms with Gasteiger partial charge in [0.15, 0.2) is 11.5 Å². The number of hydrogen-bond acceptors (Lipinski definition) is 3. The van der Waals surface area contributed by atoms with Crippen LogP contribution in [0.1, 0.15) is 37.3 Å². The molecule has 3 aromatic rings. The predicted octanol–water partition coefficient (Wildman–Crippen LogP) is 6.13.